The summed E-state index contributed by atoms with van der Waals surface area (Å²) in [7, 11) is 0. The lowest BCUT2D eigenvalue weighted by atomic mass is 9.97. The van der Waals surface area contributed by atoms with E-state index in [0.717, 1.165) is 0 Å². The Morgan fingerprint density at radius 2 is 0.841 bits per heavy atom. The summed E-state index contributed by atoms with van der Waals surface area (Å²) in [4.78, 5) is 52.3. The smallest absolute Gasteiger partial charge is 0.338 e. The van der Waals surface area contributed by atoms with E-state index in [1.807, 2.05) is 0 Å². The Morgan fingerprint density at radius 3 is 1.25 bits per heavy atom. The average molecular weight is 597 g/mol. The largest absolute Gasteiger partial charge is 0.459 e. The van der Waals surface area contributed by atoms with E-state index >= 15 is 0 Å². The van der Waals surface area contributed by atoms with Gasteiger partial charge in [0.05, 0.1) is 22.3 Å². The Morgan fingerprint density at radius 1 is 0.500 bits per heavy atom. The molecular weight excluding hydrogens is 568 g/mol. The summed E-state index contributed by atoms with van der Waals surface area (Å²) in [6.07, 6.45) is -7.89. The molecule has 2 unspecified atom stereocenters. The van der Waals surface area contributed by atoms with E-state index in [1.165, 1.54) is 36.4 Å². The first-order valence-corrected chi connectivity index (χ1v) is 13.7. The molecule has 0 bridgehead atoms. The number of hydrogen-bond donors (Lipinski definition) is 1. The number of benzene rings is 4. The van der Waals surface area contributed by atoms with Gasteiger partial charge in [0.15, 0.2) is 24.6 Å². The Bertz CT molecular complexity index is 1560. The van der Waals surface area contributed by atoms with Gasteiger partial charge in [-0.05, 0) is 48.5 Å². The summed E-state index contributed by atoms with van der Waals surface area (Å²) < 4.78 is 28.4. The van der Waals surface area contributed by atoms with Crippen LogP contribution in [-0.4, -0.2) is 66.3 Å². The molecule has 1 aliphatic rings. The minimum absolute atomic E-state index is 0.154. The van der Waals surface area contributed by atoms with Crippen LogP contribution < -0.4 is 0 Å². The van der Waals surface area contributed by atoms with Crippen LogP contribution in [0.2, 0.25) is 0 Å². The van der Waals surface area contributed by atoms with Crippen LogP contribution in [0, 0.1) is 0 Å². The topological polar surface area (TPSA) is 135 Å². The van der Waals surface area contributed by atoms with Gasteiger partial charge in [-0.15, -0.1) is 0 Å². The summed E-state index contributed by atoms with van der Waals surface area (Å²) in [5.74, 6) is -3.21. The van der Waals surface area contributed by atoms with Crippen LogP contribution in [0.3, 0.4) is 0 Å². The van der Waals surface area contributed by atoms with E-state index in [2.05, 4.69) is 0 Å². The molecular formula is C34H28O10. The number of rotatable bonds is 9. The van der Waals surface area contributed by atoms with Gasteiger partial charge < -0.3 is 28.8 Å². The van der Waals surface area contributed by atoms with Crippen molar-refractivity contribution < 1.29 is 48.0 Å². The number of carbonyl (C=O) groups excluding carboxylic acids is 4. The molecule has 0 amide bonds. The third-order valence-corrected chi connectivity index (χ3v) is 6.76. The summed E-state index contributed by atoms with van der Waals surface area (Å²) >= 11 is 0. The molecule has 224 valence electrons. The van der Waals surface area contributed by atoms with E-state index in [-0.39, 0.29) is 22.3 Å². The van der Waals surface area contributed by atoms with Gasteiger partial charge in [-0.25, -0.2) is 19.2 Å². The highest BCUT2D eigenvalue weighted by Gasteiger charge is 2.52. The number of ether oxygens (including phenoxy) is 5. The molecule has 4 aromatic rings. The van der Waals surface area contributed by atoms with Crippen molar-refractivity contribution in [1.29, 1.82) is 0 Å². The molecule has 10 nitrogen and oxygen atoms in total. The average Bonchev–Trinajstić information content (AvgIpc) is 3.07. The monoisotopic (exact) mass is 596 g/mol. The summed E-state index contributed by atoms with van der Waals surface area (Å²) in [5.41, 5.74) is 0.736. The molecule has 10 heteroatoms. The normalized spacial score (nSPS) is 21.0. The highest BCUT2D eigenvalue weighted by atomic mass is 16.7. The highest BCUT2D eigenvalue weighted by Crippen LogP contribution is 2.30. The van der Waals surface area contributed by atoms with Crippen molar-refractivity contribution in [2.24, 2.45) is 0 Å². The van der Waals surface area contributed by atoms with Crippen LogP contribution in [0.15, 0.2) is 121 Å². The molecule has 4 aromatic carbocycles. The molecule has 0 aliphatic carbocycles. The van der Waals surface area contributed by atoms with Gasteiger partial charge in [-0.2, -0.15) is 0 Å². The fourth-order valence-electron chi connectivity index (χ4n) is 4.54. The fourth-order valence-corrected chi connectivity index (χ4v) is 4.54. The van der Waals surface area contributed by atoms with Crippen LogP contribution in [0.5, 0.6) is 0 Å². The maximum absolute atomic E-state index is 13.3. The van der Waals surface area contributed by atoms with Crippen molar-refractivity contribution in [3.05, 3.63) is 144 Å². The Kier molecular flexibility index (Phi) is 9.75. The van der Waals surface area contributed by atoms with E-state index < -0.39 is 61.2 Å². The maximum Gasteiger partial charge on any atom is 0.338 e. The number of aliphatic hydroxyl groups excluding tert-OH is 1. The van der Waals surface area contributed by atoms with E-state index in [9.17, 15) is 24.3 Å². The molecule has 0 saturated carbocycles. The lowest BCUT2D eigenvalue weighted by molar-refractivity contribution is -0.284. The number of esters is 4. The van der Waals surface area contributed by atoms with Crippen LogP contribution in [-0.2, 0) is 23.7 Å². The number of hydrogen-bond acceptors (Lipinski definition) is 10. The van der Waals surface area contributed by atoms with Crippen LogP contribution in [0.1, 0.15) is 41.4 Å². The fraction of sp³-hybridized carbons (Fsp3) is 0.176. The van der Waals surface area contributed by atoms with Gasteiger partial charge in [-0.1, -0.05) is 72.8 Å². The van der Waals surface area contributed by atoms with Gasteiger partial charge in [0.2, 0.25) is 0 Å². The third kappa shape index (κ3) is 7.35. The zero-order valence-corrected chi connectivity index (χ0v) is 23.3. The molecule has 0 radical (unpaired) electrons. The zero-order chi connectivity index (χ0) is 30.9. The number of aliphatic hydroxyl groups is 1. The first-order valence-electron chi connectivity index (χ1n) is 13.7. The summed E-state index contributed by atoms with van der Waals surface area (Å²) in [6, 6.07) is 32.1. The van der Waals surface area contributed by atoms with Crippen LogP contribution in [0.4, 0.5) is 0 Å². The summed E-state index contributed by atoms with van der Waals surface area (Å²) in [5, 5.41) is 11.1. The van der Waals surface area contributed by atoms with Crippen molar-refractivity contribution in [2.45, 2.75) is 30.7 Å². The zero-order valence-electron chi connectivity index (χ0n) is 23.3. The minimum atomic E-state index is -1.86. The highest BCUT2D eigenvalue weighted by molar-refractivity contribution is 5.91. The number of carbonyl (C=O) groups is 4. The van der Waals surface area contributed by atoms with Crippen molar-refractivity contribution in [3.8, 4) is 0 Å². The van der Waals surface area contributed by atoms with Gasteiger partial charge in [0.1, 0.15) is 12.7 Å². The molecule has 1 saturated heterocycles. The first kappa shape index (κ1) is 30.1. The van der Waals surface area contributed by atoms with Gasteiger partial charge in [0.25, 0.3) is 0 Å². The second-order valence-corrected chi connectivity index (χ2v) is 9.74. The quantitative estimate of drug-likeness (QED) is 0.221. The molecule has 0 aromatic heterocycles. The molecule has 1 fully saturated rings. The molecule has 44 heavy (non-hydrogen) atoms. The van der Waals surface area contributed by atoms with Crippen molar-refractivity contribution in [3.63, 3.8) is 0 Å². The minimum Gasteiger partial charge on any atom is -0.459 e. The molecule has 1 heterocycles. The molecule has 1 N–H and O–H groups in total. The standard InChI is InChI=1S/C34H28O10/c35-30(22-13-5-1-6-14-22)40-21-26-27(42-31(36)23-15-7-2-8-16-23)28(43-32(37)24-17-9-3-10-18-24)29(34(39)41-26)44-33(38)25-19-11-4-12-20-25/h1-20,26-29,34,39H,21H2/t26?,27-,28-,29?,34-/m0/s1. The van der Waals surface area contributed by atoms with E-state index in [4.69, 9.17) is 23.7 Å². The SMILES string of the molecule is O=C(OCC1O[C@H](O)C(OC(=O)c2ccccc2)[C@@H](OC(=O)c2ccccc2)[C@H]1OC(=O)c1ccccc1)c1ccccc1. The Balaban J connectivity index is 1.48. The van der Waals surface area contributed by atoms with E-state index in [0.29, 0.717) is 0 Å². The molecule has 0 spiro atoms. The maximum atomic E-state index is 13.3. The van der Waals surface area contributed by atoms with Crippen LogP contribution in [0.25, 0.3) is 0 Å². The second kappa shape index (κ2) is 14.2. The predicted molar refractivity (Wildman–Crippen MR) is 155 cm³/mol. The predicted octanol–water partition coefficient (Wildman–Crippen LogP) is 4.24. The van der Waals surface area contributed by atoms with Crippen molar-refractivity contribution in [1.82, 2.24) is 0 Å². The van der Waals surface area contributed by atoms with Crippen molar-refractivity contribution in [2.75, 3.05) is 6.61 Å². The van der Waals surface area contributed by atoms with Gasteiger partial charge in [-0.3, -0.25) is 0 Å². The molecule has 5 atom stereocenters. The van der Waals surface area contributed by atoms with Crippen molar-refractivity contribution >= 4 is 23.9 Å². The second-order valence-electron chi connectivity index (χ2n) is 9.74. The summed E-state index contributed by atoms with van der Waals surface area (Å²) in [6.45, 7) is -0.504. The van der Waals surface area contributed by atoms with Crippen LogP contribution >= 0.6 is 0 Å². The Labute approximate surface area is 252 Å². The van der Waals surface area contributed by atoms with Gasteiger partial charge >= 0.3 is 23.9 Å². The third-order valence-electron chi connectivity index (χ3n) is 6.76. The Hall–Kier alpha value is -5.32. The molecule has 1 aliphatic heterocycles. The van der Waals surface area contributed by atoms with Gasteiger partial charge in [0, 0.05) is 0 Å². The lowest BCUT2D eigenvalue weighted by Gasteiger charge is -2.42. The first-order chi connectivity index (χ1) is 21.4. The lowest BCUT2D eigenvalue weighted by Crippen LogP contribution is -2.62. The molecule has 5 rings (SSSR count). The van der Waals surface area contributed by atoms with E-state index in [1.54, 1.807) is 84.9 Å².